The van der Waals surface area contributed by atoms with Crippen LogP contribution in [0.4, 0.5) is 0 Å². The van der Waals surface area contributed by atoms with Crippen molar-refractivity contribution in [3.8, 4) is 5.75 Å². The van der Waals surface area contributed by atoms with Gasteiger partial charge in [0, 0.05) is 67.9 Å². The third-order valence-corrected chi connectivity index (χ3v) is 12.6. The summed E-state index contributed by atoms with van der Waals surface area (Å²) in [5.41, 5.74) is 3.66. The average Bonchev–Trinajstić information content (AvgIpc) is 3.26. The van der Waals surface area contributed by atoms with E-state index in [-0.39, 0.29) is 29.8 Å². The highest BCUT2D eigenvalue weighted by Gasteiger charge is 2.36. The first-order valence-corrected chi connectivity index (χ1v) is 21.5. The highest BCUT2D eigenvalue weighted by atomic mass is 35.5. The van der Waals surface area contributed by atoms with Crippen molar-refractivity contribution < 1.29 is 24.2 Å². The number of carbonyl (C=O) groups excluding carboxylic acids is 2. The molecule has 1 aliphatic carbocycles. The molecule has 1 unspecified atom stereocenters. The van der Waals surface area contributed by atoms with Crippen LogP contribution in [-0.4, -0.2) is 106 Å². The van der Waals surface area contributed by atoms with Gasteiger partial charge in [0.1, 0.15) is 12.4 Å². The molecule has 0 radical (unpaired) electrons. The number of ether oxygens (including phenoxy) is 2. The Morgan fingerprint density at radius 1 is 0.949 bits per heavy atom. The SMILES string of the molecule is O=C(NCCCC(Cc1ccccc1)C(=O)N1CCC(O)(Cn2cnc3cc(OCCN4CCOCC4)ccc3c2=O)CC1)c1ccc2c(Cl)c3c(nc2c1)CCCC3. The number of likely N-dealkylation sites (tertiary alicyclic amines) is 1. The summed E-state index contributed by atoms with van der Waals surface area (Å²) in [5.74, 6) is 0.219. The molecule has 8 rings (SSSR count). The molecule has 0 spiro atoms. The molecule has 5 aromatic rings. The topological polar surface area (TPSA) is 139 Å². The quantitative estimate of drug-likeness (QED) is 0.137. The van der Waals surface area contributed by atoms with E-state index in [4.69, 9.17) is 26.1 Å². The smallest absolute Gasteiger partial charge is 0.261 e. The van der Waals surface area contributed by atoms with Crippen molar-refractivity contribution in [2.75, 3.05) is 59.1 Å². The first-order valence-electron chi connectivity index (χ1n) is 21.1. The van der Waals surface area contributed by atoms with E-state index < -0.39 is 5.60 Å². The molecule has 2 saturated heterocycles. The monoisotopic (exact) mass is 820 g/mol. The molecular formula is C46H53ClN6O6. The number of pyridine rings is 1. The van der Waals surface area contributed by atoms with Crippen molar-refractivity contribution in [1.29, 1.82) is 0 Å². The van der Waals surface area contributed by atoms with Gasteiger partial charge in [0.15, 0.2) is 0 Å². The molecule has 310 valence electrons. The van der Waals surface area contributed by atoms with Gasteiger partial charge < -0.3 is 24.8 Å². The standard InChI is InChI=1S/C46H53ClN6O6/c47-42-36-10-4-5-11-39(36)50-41-28-33(12-14-37(41)42)43(54)48-18-6-9-34(27-32-7-2-1-3-8-32)44(55)52-19-16-46(57,17-20-52)30-53-31-49-40-29-35(13-15-38(40)45(53)56)59-26-23-51-21-24-58-25-22-51/h1-3,7-8,12-15,28-29,31,34,57H,4-6,9-11,16-27,30H2,(H,48,54). The van der Waals surface area contributed by atoms with Crippen LogP contribution in [0.3, 0.4) is 0 Å². The van der Waals surface area contributed by atoms with Gasteiger partial charge in [-0.05, 0) is 93.2 Å². The summed E-state index contributed by atoms with van der Waals surface area (Å²) < 4.78 is 12.8. The minimum absolute atomic E-state index is 0.0375. The second kappa shape index (κ2) is 18.6. The molecule has 3 aliphatic rings. The van der Waals surface area contributed by atoms with E-state index in [9.17, 15) is 19.5 Å². The van der Waals surface area contributed by atoms with Gasteiger partial charge in [-0.15, -0.1) is 0 Å². The van der Waals surface area contributed by atoms with Gasteiger partial charge in [0.05, 0.1) is 53.1 Å². The zero-order valence-corrected chi connectivity index (χ0v) is 34.3. The van der Waals surface area contributed by atoms with Gasteiger partial charge in [-0.1, -0.05) is 48.0 Å². The van der Waals surface area contributed by atoms with Crippen molar-refractivity contribution in [3.05, 3.63) is 111 Å². The molecule has 1 atom stereocenters. The molecule has 4 heterocycles. The largest absolute Gasteiger partial charge is 0.492 e. The Bertz CT molecular complexity index is 2340. The van der Waals surface area contributed by atoms with Crippen LogP contribution >= 0.6 is 11.6 Å². The van der Waals surface area contributed by atoms with E-state index in [1.807, 2.05) is 47.4 Å². The molecular weight excluding hydrogens is 768 g/mol. The number of morpholine rings is 1. The second-order valence-corrected chi connectivity index (χ2v) is 16.7. The number of carbonyl (C=O) groups is 2. The zero-order valence-electron chi connectivity index (χ0n) is 33.5. The van der Waals surface area contributed by atoms with Crippen molar-refractivity contribution in [1.82, 2.24) is 29.7 Å². The summed E-state index contributed by atoms with van der Waals surface area (Å²) in [5, 5.41) is 16.8. The number of aliphatic hydroxyl groups is 1. The number of aromatic nitrogens is 3. The number of halogens is 1. The molecule has 0 saturated carbocycles. The minimum atomic E-state index is -1.17. The normalized spacial score (nSPS) is 17.4. The third kappa shape index (κ3) is 9.78. The summed E-state index contributed by atoms with van der Waals surface area (Å²) in [6, 6.07) is 20.8. The van der Waals surface area contributed by atoms with Gasteiger partial charge in [0.25, 0.3) is 11.5 Å². The van der Waals surface area contributed by atoms with E-state index in [2.05, 4.69) is 15.2 Å². The molecule has 12 nitrogen and oxygen atoms in total. The number of fused-ring (bicyclic) bond motifs is 3. The molecule has 59 heavy (non-hydrogen) atoms. The Balaban J connectivity index is 0.853. The highest BCUT2D eigenvalue weighted by Crippen LogP contribution is 2.33. The summed E-state index contributed by atoms with van der Waals surface area (Å²) >= 11 is 6.76. The minimum Gasteiger partial charge on any atom is -0.492 e. The lowest BCUT2D eigenvalue weighted by Crippen LogP contribution is -2.51. The van der Waals surface area contributed by atoms with Crippen molar-refractivity contribution >= 4 is 45.2 Å². The van der Waals surface area contributed by atoms with Crippen molar-refractivity contribution in [3.63, 3.8) is 0 Å². The predicted molar refractivity (Wildman–Crippen MR) is 228 cm³/mol. The molecule has 0 bridgehead atoms. The van der Waals surface area contributed by atoms with E-state index >= 15 is 0 Å². The third-order valence-electron chi connectivity index (χ3n) is 12.2. The predicted octanol–water partition coefficient (Wildman–Crippen LogP) is 5.61. The molecule has 13 heteroatoms. The Morgan fingerprint density at radius 3 is 2.54 bits per heavy atom. The lowest BCUT2D eigenvalue weighted by Gasteiger charge is -2.39. The van der Waals surface area contributed by atoms with Gasteiger partial charge in [-0.2, -0.15) is 0 Å². The van der Waals surface area contributed by atoms with Gasteiger partial charge in [-0.25, -0.2) is 4.98 Å². The highest BCUT2D eigenvalue weighted by molar-refractivity contribution is 6.36. The van der Waals surface area contributed by atoms with Crippen LogP contribution in [0.15, 0.2) is 77.9 Å². The van der Waals surface area contributed by atoms with Crippen LogP contribution < -0.4 is 15.6 Å². The fraction of sp³-hybridized carbons (Fsp3) is 0.457. The number of rotatable bonds is 14. The molecule has 3 aromatic carbocycles. The van der Waals surface area contributed by atoms with Crippen LogP contribution in [0.1, 0.15) is 65.7 Å². The van der Waals surface area contributed by atoms with Crippen LogP contribution in [0, 0.1) is 5.92 Å². The molecule has 2 aromatic heterocycles. The van der Waals surface area contributed by atoms with Crippen LogP contribution in [0.25, 0.3) is 21.8 Å². The fourth-order valence-corrected chi connectivity index (χ4v) is 9.07. The van der Waals surface area contributed by atoms with Gasteiger partial charge in [0.2, 0.25) is 5.91 Å². The Labute approximate surface area is 349 Å². The van der Waals surface area contributed by atoms with Gasteiger partial charge in [-0.3, -0.25) is 28.8 Å². The first kappa shape index (κ1) is 40.9. The summed E-state index contributed by atoms with van der Waals surface area (Å²) in [7, 11) is 0. The van der Waals surface area contributed by atoms with E-state index in [1.165, 1.54) is 10.9 Å². The summed E-state index contributed by atoms with van der Waals surface area (Å²) in [6.45, 7) is 5.86. The Morgan fingerprint density at radius 2 is 1.73 bits per heavy atom. The van der Waals surface area contributed by atoms with Crippen LogP contribution in [-0.2, 0) is 35.3 Å². The Hall–Kier alpha value is -4.88. The number of nitrogens with one attached hydrogen (secondary N) is 1. The van der Waals surface area contributed by atoms with E-state index in [1.54, 1.807) is 24.3 Å². The number of piperidine rings is 1. The van der Waals surface area contributed by atoms with E-state index in [0.717, 1.165) is 91.3 Å². The maximum absolute atomic E-state index is 14.1. The molecule has 2 N–H and O–H groups in total. The lowest BCUT2D eigenvalue weighted by molar-refractivity contribution is -0.140. The Kier molecular flexibility index (Phi) is 12.9. The number of hydrogen-bond donors (Lipinski definition) is 2. The van der Waals surface area contributed by atoms with Gasteiger partial charge >= 0.3 is 0 Å². The number of nitrogens with zero attached hydrogens (tertiary/aromatic N) is 5. The van der Waals surface area contributed by atoms with Crippen LogP contribution in [0.5, 0.6) is 5.75 Å². The molecule has 2 amide bonds. The second-order valence-electron chi connectivity index (χ2n) is 16.3. The number of amides is 2. The summed E-state index contributed by atoms with van der Waals surface area (Å²) in [6.07, 6.45) is 8.01. The molecule has 2 aliphatic heterocycles. The number of aryl methyl sites for hydroxylation is 1. The summed E-state index contributed by atoms with van der Waals surface area (Å²) in [4.78, 5) is 54.4. The van der Waals surface area contributed by atoms with Crippen LogP contribution in [0.2, 0.25) is 5.02 Å². The maximum Gasteiger partial charge on any atom is 0.261 e. The average molecular weight is 821 g/mol. The zero-order chi connectivity index (χ0) is 40.8. The lowest BCUT2D eigenvalue weighted by atomic mass is 9.88. The first-order chi connectivity index (χ1) is 28.7. The van der Waals surface area contributed by atoms with Crippen molar-refractivity contribution in [2.45, 2.75) is 69.9 Å². The fourth-order valence-electron chi connectivity index (χ4n) is 8.71. The number of benzene rings is 3. The maximum atomic E-state index is 14.1. The number of hydrogen-bond acceptors (Lipinski definition) is 9. The van der Waals surface area contributed by atoms with E-state index in [0.29, 0.717) is 80.6 Å². The van der Waals surface area contributed by atoms with Crippen molar-refractivity contribution in [2.24, 2.45) is 5.92 Å². The molecule has 2 fully saturated rings.